The van der Waals surface area contributed by atoms with Crippen LogP contribution in [0.15, 0.2) is 48.8 Å². The summed E-state index contributed by atoms with van der Waals surface area (Å²) in [5, 5.41) is 52.8. The Bertz CT molecular complexity index is 2840. The summed E-state index contributed by atoms with van der Waals surface area (Å²) in [6.07, 6.45) is -0.968. The van der Waals surface area contributed by atoms with E-state index in [2.05, 4.69) is 20.8 Å². The number of hydrogen-bond acceptors (Lipinski definition) is 16. The van der Waals surface area contributed by atoms with E-state index in [9.17, 15) is 58.3 Å². The lowest BCUT2D eigenvalue weighted by Crippen LogP contribution is -2.54. The lowest BCUT2D eigenvalue weighted by Gasteiger charge is -2.34. The minimum Gasteiger partial charge on any atom is -0.448 e. The van der Waals surface area contributed by atoms with Gasteiger partial charge in [-0.25, -0.2) is 8.78 Å². The number of benzene rings is 2. The Hall–Kier alpha value is -7.96. The number of fused-ring (bicyclic) bond motifs is 2. The Labute approximate surface area is 425 Å². The predicted molar refractivity (Wildman–Crippen MR) is 256 cm³/mol. The van der Waals surface area contributed by atoms with Crippen molar-refractivity contribution in [1.82, 2.24) is 40.0 Å². The highest BCUT2D eigenvalue weighted by Crippen LogP contribution is 2.30. The zero-order valence-corrected chi connectivity index (χ0v) is 41.4. The van der Waals surface area contributed by atoms with E-state index in [0.717, 1.165) is 49.2 Å². The Morgan fingerprint density at radius 2 is 1.07 bits per heavy atom. The van der Waals surface area contributed by atoms with Crippen molar-refractivity contribution in [3.8, 4) is 12.1 Å². The number of ether oxygens (including phenoxy) is 2. The van der Waals surface area contributed by atoms with Crippen LogP contribution in [0.1, 0.15) is 73.2 Å². The number of aromatic nitrogens is 4. The van der Waals surface area contributed by atoms with Crippen molar-refractivity contribution in [3.05, 3.63) is 94.1 Å². The van der Waals surface area contributed by atoms with Gasteiger partial charge in [-0.1, -0.05) is 0 Å². The van der Waals surface area contributed by atoms with Gasteiger partial charge in [-0.05, 0) is 73.9 Å². The van der Waals surface area contributed by atoms with E-state index in [1.54, 1.807) is 48.0 Å². The fourth-order valence-electron chi connectivity index (χ4n) is 9.58. The number of aliphatic hydroxyl groups excluding tert-OH is 2. The number of carbonyl (C=O) groups is 6. The monoisotopic (exact) mass is 1020 g/mol. The first-order valence-corrected chi connectivity index (χ1v) is 24.1. The summed E-state index contributed by atoms with van der Waals surface area (Å²) in [6.45, 7) is 6.14. The van der Waals surface area contributed by atoms with Crippen LogP contribution in [-0.2, 0) is 78.5 Å². The normalized spacial score (nSPS) is 17.1. The van der Waals surface area contributed by atoms with E-state index in [1.807, 2.05) is 21.9 Å². The van der Waals surface area contributed by atoms with Crippen molar-refractivity contribution in [2.24, 2.45) is 25.9 Å². The number of piperidine rings is 2. The molecular formula is C50H58F2N12O10. The standard InChI is InChI=1S/C27H31FN6O6.C23H27FN6O4/c1-16(35)39-24(25(40-17(2)36)27(38)34-14-20-13-31-32(3)23(20)15-34)26(37)30-12-18-6-8-33(9-7-18)22-5-4-21(28)10-19(22)11-29;1-28-19-13-30(12-16(19)11-27-28)23(34)21(32)20(31)22(33)26-10-14-4-6-29(7-5-14)18-3-2-17(24)8-15(18)9-25/h4-5,10,13,18,24-25H,6-9,12,14-15H2,1-3H3,(H,30,37);2-3,8,11,14,20-21,31-32H,4-7,10,12-13H2,1H3,(H,26,33)/t24-,25-;20-,21-/m11/s1. The van der Waals surface area contributed by atoms with Gasteiger partial charge in [0, 0.05) is 91.4 Å². The lowest BCUT2D eigenvalue weighted by molar-refractivity contribution is -0.178. The molecule has 74 heavy (non-hydrogen) atoms. The average Bonchev–Trinajstić information content (AvgIpc) is 4.19. The molecule has 0 unspecified atom stereocenters. The van der Waals surface area contributed by atoms with Crippen LogP contribution in [0.3, 0.4) is 0 Å². The van der Waals surface area contributed by atoms with E-state index in [-0.39, 0.29) is 55.7 Å². The molecule has 4 aromatic rings. The molecule has 4 aliphatic rings. The van der Waals surface area contributed by atoms with Gasteiger partial charge in [0.05, 0.1) is 59.4 Å². The summed E-state index contributed by atoms with van der Waals surface area (Å²) >= 11 is 0. The Morgan fingerprint density at radius 3 is 1.49 bits per heavy atom. The quantitative estimate of drug-likeness (QED) is 0.129. The van der Waals surface area contributed by atoms with Crippen LogP contribution in [0.5, 0.6) is 0 Å². The van der Waals surface area contributed by atoms with E-state index < -0.39 is 71.6 Å². The highest BCUT2D eigenvalue weighted by Gasteiger charge is 2.44. The third-order valence-corrected chi connectivity index (χ3v) is 13.7. The molecule has 2 aromatic carbocycles. The zero-order chi connectivity index (χ0) is 53.4. The van der Waals surface area contributed by atoms with Crippen molar-refractivity contribution in [3.63, 3.8) is 0 Å². The molecule has 392 valence electrons. The molecule has 4 aliphatic heterocycles. The third kappa shape index (κ3) is 12.6. The van der Waals surface area contributed by atoms with Crippen LogP contribution >= 0.6 is 0 Å². The lowest BCUT2D eigenvalue weighted by atomic mass is 9.95. The molecular weight excluding hydrogens is 967 g/mol. The molecule has 2 saturated heterocycles. The second kappa shape index (κ2) is 23.7. The minimum absolute atomic E-state index is 0.0626. The van der Waals surface area contributed by atoms with Gasteiger partial charge in [0.25, 0.3) is 23.6 Å². The van der Waals surface area contributed by atoms with Gasteiger partial charge in [-0.2, -0.15) is 20.7 Å². The number of nitrogens with zero attached hydrogens (tertiary/aromatic N) is 10. The summed E-state index contributed by atoms with van der Waals surface area (Å²) < 4.78 is 40.7. The molecule has 0 aliphatic carbocycles. The van der Waals surface area contributed by atoms with Gasteiger partial charge in [0.2, 0.25) is 12.2 Å². The van der Waals surface area contributed by atoms with E-state index >= 15 is 0 Å². The molecule has 24 heteroatoms. The van der Waals surface area contributed by atoms with Crippen LogP contribution in [-0.4, -0.2) is 139 Å². The maximum Gasteiger partial charge on any atom is 0.303 e. The number of nitriles is 2. The van der Waals surface area contributed by atoms with Crippen LogP contribution < -0.4 is 20.4 Å². The van der Waals surface area contributed by atoms with Gasteiger partial charge in [-0.15, -0.1) is 0 Å². The first-order chi connectivity index (χ1) is 35.3. The van der Waals surface area contributed by atoms with Gasteiger partial charge < -0.3 is 49.9 Å². The highest BCUT2D eigenvalue weighted by molar-refractivity contribution is 5.94. The van der Waals surface area contributed by atoms with Gasteiger partial charge >= 0.3 is 11.9 Å². The Kier molecular flexibility index (Phi) is 17.3. The number of nitrogens with one attached hydrogen (secondary N) is 2. The van der Waals surface area contributed by atoms with Crippen molar-refractivity contribution in [2.75, 3.05) is 49.1 Å². The summed E-state index contributed by atoms with van der Waals surface area (Å²) in [6, 6.07) is 12.3. The number of aryl methyl sites for hydroxylation is 2. The summed E-state index contributed by atoms with van der Waals surface area (Å²) in [5.41, 5.74) is 5.26. The number of hydrogen-bond donors (Lipinski definition) is 4. The van der Waals surface area contributed by atoms with Crippen LogP contribution in [0.25, 0.3) is 0 Å². The second-order valence-electron chi connectivity index (χ2n) is 18.7. The first-order valence-electron chi connectivity index (χ1n) is 24.1. The molecule has 2 aromatic heterocycles. The molecule has 0 radical (unpaired) electrons. The second-order valence-corrected chi connectivity index (χ2v) is 18.7. The van der Waals surface area contributed by atoms with Gasteiger partial charge in [-0.3, -0.25) is 38.1 Å². The molecule has 4 amide bonds. The van der Waals surface area contributed by atoms with E-state index in [1.165, 1.54) is 34.1 Å². The van der Waals surface area contributed by atoms with Crippen molar-refractivity contribution < 1.29 is 57.2 Å². The van der Waals surface area contributed by atoms with Crippen LogP contribution in [0.2, 0.25) is 0 Å². The Balaban J connectivity index is 0.000000219. The topological polar surface area (TPSA) is 282 Å². The van der Waals surface area contributed by atoms with E-state index in [4.69, 9.17) is 9.47 Å². The average molecular weight is 1030 g/mol. The number of carbonyl (C=O) groups excluding carboxylic acids is 6. The SMILES string of the molecule is CC(=O)O[C@@H](C(=O)NCC1CCN(c2ccc(F)cc2C#N)CC1)[C@@H](OC(C)=O)C(=O)N1Cc2cnn(C)c2C1.Cn1ncc2c1CN(C(=O)[C@H](O)[C@@H](O)C(=O)NCC1CCN(c3ccc(F)cc3C#N)CC1)C2. The summed E-state index contributed by atoms with van der Waals surface area (Å²) in [7, 11) is 3.51. The van der Waals surface area contributed by atoms with Crippen LogP contribution in [0.4, 0.5) is 20.2 Å². The summed E-state index contributed by atoms with van der Waals surface area (Å²) in [4.78, 5) is 82.2. The fourth-order valence-corrected chi connectivity index (χ4v) is 9.58. The molecule has 4 atom stereocenters. The number of anilines is 2. The van der Waals surface area contributed by atoms with Crippen molar-refractivity contribution >= 4 is 46.9 Å². The molecule has 22 nitrogen and oxygen atoms in total. The number of halogens is 2. The Morgan fingerprint density at radius 1 is 0.649 bits per heavy atom. The number of aliphatic hydroxyl groups is 2. The maximum atomic E-state index is 13.5. The van der Waals surface area contributed by atoms with E-state index in [0.29, 0.717) is 56.9 Å². The number of amides is 4. The fraction of sp³-hybridized carbons (Fsp3) is 0.480. The third-order valence-electron chi connectivity index (χ3n) is 13.7. The molecule has 6 heterocycles. The van der Waals surface area contributed by atoms with Crippen LogP contribution in [0, 0.1) is 46.1 Å². The molecule has 0 bridgehead atoms. The zero-order valence-electron chi connectivity index (χ0n) is 41.4. The largest absolute Gasteiger partial charge is 0.448 e. The molecule has 4 N–H and O–H groups in total. The molecule has 0 saturated carbocycles. The van der Waals surface area contributed by atoms with Gasteiger partial charge in [0.15, 0.2) is 12.2 Å². The smallest absolute Gasteiger partial charge is 0.303 e. The molecule has 0 spiro atoms. The highest BCUT2D eigenvalue weighted by atomic mass is 19.1. The predicted octanol–water partition coefficient (Wildman–Crippen LogP) is 1.20. The van der Waals surface area contributed by atoms with Crippen molar-refractivity contribution in [1.29, 1.82) is 10.5 Å². The van der Waals surface area contributed by atoms with Gasteiger partial charge in [0.1, 0.15) is 23.8 Å². The number of esters is 2. The minimum atomic E-state index is -1.87. The summed E-state index contributed by atoms with van der Waals surface area (Å²) in [5.74, 6) is -5.26. The molecule has 8 rings (SSSR count). The first kappa shape index (κ1) is 53.8. The molecule has 2 fully saturated rings. The number of rotatable bonds is 14. The van der Waals surface area contributed by atoms with Crippen molar-refractivity contribution in [2.45, 2.75) is 90.1 Å². The maximum absolute atomic E-state index is 13.5.